The molecule has 1 N–H and O–H groups in total. The maximum Gasteiger partial charge on any atom is 0.418 e. The van der Waals surface area contributed by atoms with Crippen LogP contribution < -0.4 is 0 Å². The molecule has 0 saturated carbocycles. The van der Waals surface area contributed by atoms with Gasteiger partial charge in [-0.2, -0.15) is 18.3 Å². The number of pyridine rings is 1. The molecule has 0 spiro atoms. The van der Waals surface area contributed by atoms with Gasteiger partial charge in [0, 0.05) is 48.2 Å². The van der Waals surface area contributed by atoms with Crippen LogP contribution in [0.3, 0.4) is 0 Å². The van der Waals surface area contributed by atoms with Gasteiger partial charge in [-0.15, -0.1) is 0 Å². The Morgan fingerprint density at radius 2 is 1.93 bits per heavy atom. The fourth-order valence-corrected chi connectivity index (χ4v) is 4.01. The fraction of sp³-hybridized carbons (Fsp3) is 0.474. The Labute approximate surface area is 158 Å². The molecular weight excluding hydrogens is 373 g/mol. The molecule has 2 atom stereocenters. The van der Waals surface area contributed by atoms with E-state index in [1.807, 2.05) is 10.7 Å². The second kappa shape index (κ2) is 6.59. The zero-order valence-corrected chi connectivity index (χ0v) is 15.0. The summed E-state index contributed by atoms with van der Waals surface area (Å²) in [5.41, 5.74) is 1.73. The van der Waals surface area contributed by atoms with Crippen LogP contribution in [-0.2, 0) is 15.7 Å². The summed E-state index contributed by atoms with van der Waals surface area (Å²) >= 11 is 0. The van der Waals surface area contributed by atoms with Crippen LogP contribution in [0.15, 0.2) is 24.5 Å². The molecule has 0 bridgehead atoms. The minimum Gasteiger partial charge on any atom is -0.381 e. The van der Waals surface area contributed by atoms with E-state index in [4.69, 9.17) is 14.6 Å². The molecule has 148 valence electrons. The number of hydrogen-bond donors (Lipinski definition) is 1. The highest BCUT2D eigenvalue weighted by Gasteiger charge is 2.34. The quantitative estimate of drug-likeness (QED) is 0.734. The number of H-pyrrole nitrogens is 1. The summed E-state index contributed by atoms with van der Waals surface area (Å²) in [5.74, 6) is 0.233. The summed E-state index contributed by atoms with van der Waals surface area (Å²) in [6, 6.07) is 3.61. The van der Waals surface area contributed by atoms with Crippen molar-refractivity contribution in [3.05, 3.63) is 35.8 Å². The summed E-state index contributed by atoms with van der Waals surface area (Å²) in [4.78, 5) is 6.76. The molecule has 5 heterocycles. The van der Waals surface area contributed by atoms with Gasteiger partial charge in [0.2, 0.25) is 0 Å². The highest BCUT2D eigenvalue weighted by molar-refractivity contribution is 5.84. The lowest BCUT2D eigenvalue weighted by Crippen LogP contribution is -2.16. The third-order valence-electron chi connectivity index (χ3n) is 5.50. The minimum atomic E-state index is -4.44. The Kier molecular flexibility index (Phi) is 4.17. The number of rotatable bonds is 3. The smallest absolute Gasteiger partial charge is 0.381 e. The van der Waals surface area contributed by atoms with Crippen LogP contribution in [0.2, 0.25) is 0 Å². The normalized spacial score (nSPS) is 23.1. The third-order valence-corrected chi connectivity index (χ3v) is 5.50. The molecule has 3 aromatic rings. The zero-order valence-electron chi connectivity index (χ0n) is 15.0. The molecule has 0 aromatic carbocycles. The number of aromatic nitrogens is 4. The van der Waals surface area contributed by atoms with E-state index >= 15 is 0 Å². The SMILES string of the molecule is FC(F)(F)c1c[nH]c2ncc(-c3cc([C@H]4CCOC4)n(C4CCOC4)n3)cc12. The topological polar surface area (TPSA) is 65.0 Å². The molecule has 9 heteroatoms. The van der Waals surface area contributed by atoms with Crippen molar-refractivity contribution in [3.63, 3.8) is 0 Å². The average Bonchev–Trinajstić information content (AvgIpc) is 3.46. The van der Waals surface area contributed by atoms with Crippen molar-refractivity contribution in [2.45, 2.75) is 31.0 Å². The van der Waals surface area contributed by atoms with E-state index in [0.717, 1.165) is 24.7 Å². The Morgan fingerprint density at radius 1 is 1.11 bits per heavy atom. The second-order valence-corrected chi connectivity index (χ2v) is 7.30. The molecule has 5 rings (SSSR count). The number of nitrogens with zero attached hydrogens (tertiary/aromatic N) is 3. The fourth-order valence-electron chi connectivity index (χ4n) is 4.01. The average molecular weight is 392 g/mol. The minimum absolute atomic E-state index is 0.0505. The van der Waals surface area contributed by atoms with Crippen LogP contribution in [0.4, 0.5) is 13.2 Å². The van der Waals surface area contributed by atoms with Gasteiger partial charge in [0.1, 0.15) is 5.65 Å². The van der Waals surface area contributed by atoms with Crippen LogP contribution in [0.5, 0.6) is 0 Å². The molecule has 6 nitrogen and oxygen atoms in total. The van der Waals surface area contributed by atoms with E-state index < -0.39 is 11.7 Å². The van der Waals surface area contributed by atoms with Gasteiger partial charge in [-0.3, -0.25) is 4.68 Å². The van der Waals surface area contributed by atoms with Crippen LogP contribution in [0.25, 0.3) is 22.3 Å². The van der Waals surface area contributed by atoms with E-state index in [0.29, 0.717) is 37.7 Å². The first-order valence-corrected chi connectivity index (χ1v) is 9.30. The largest absolute Gasteiger partial charge is 0.418 e. The molecule has 2 fully saturated rings. The van der Waals surface area contributed by atoms with Crippen molar-refractivity contribution < 1.29 is 22.6 Å². The Morgan fingerprint density at radius 3 is 2.64 bits per heavy atom. The lowest BCUT2D eigenvalue weighted by atomic mass is 10.0. The Balaban J connectivity index is 1.59. The highest BCUT2D eigenvalue weighted by Crippen LogP contribution is 2.37. The van der Waals surface area contributed by atoms with Crippen LogP contribution in [0, 0.1) is 0 Å². The number of alkyl halides is 3. The molecule has 0 aliphatic carbocycles. The van der Waals surface area contributed by atoms with Gasteiger partial charge in [-0.25, -0.2) is 4.98 Å². The first-order chi connectivity index (χ1) is 13.5. The number of fused-ring (bicyclic) bond motifs is 1. The van der Waals surface area contributed by atoms with Gasteiger partial charge in [0.05, 0.1) is 30.5 Å². The number of aromatic amines is 1. The maximum atomic E-state index is 13.3. The van der Waals surface area contributed by atoms with Gasteiger partial charge in [-0.1, -0.05) is 0 Å². The van der Waals surface area contributed by atoms with E-state index in [-0.39, 0.29) is 23.0 Å². The van der Waals surface area contributed by atoms with Gasteiger partial charge >= 0.3 is 6.18 Å². The number of nitrogens with one attached hydrogen (secondary N) is 1. The van der Waals surface area contributed by atoms with E-state index in [9.17, 15) is 13.2 Å². The van der Waals surface area contributed by atoms with Crippen molar-refractivity contribution in [2.24, 2.45) is 0 Å². The lowest BCUT2D eigenvalue weighted by Gasteiger charge is -2.16. The number of hydrogen-bond acceptors (Lipinski definition) is 4. The van der Waals surface area contributed by atoms with Gasteiger partial charge in [0.25, 0.3) is 0 Å². The first kappa shape index (κ1) is 17.7. The number of halogens is 3. The molecular formula is C19H19F3N4O2. The Hall–Kier alpha value is -2.39. The maximum absolute atomic E-state index is 13.3. The Bertz CT molecular complexity index is 965. The van der Waals surface area contributed by atoms with Crippen LogP contribution in [-0.4, -0.2) is 46.2 Å². The highest BCUT2D eigenvalue weighted by atomic mass is 19.4. The van der Waals surface area contributed by atoms with E-state index in [1.54, 1.807) is 6.20 Å². The molecule has 1 unspecified atom stereocenters. The third kappa shape index (κ3) is 2.98. The van der Waals surface area contributed by atoms with Crippen molar-refractivity contribution in [1.82, 2.24) is 19.7 Å². The summed E-state index contributed by atoms with van der Waals surface area (Å²) in [6.45, 7) is 2.62. The van der Waals surface area contributed by atoms with Crippen LogP contribution >= 0.6 is 0 Å². The van der Waals surface area contributed by atoms with Crippen molar-refractivity contribution in [3.8, 4) is 11.3 Å². The van der Waals surface area contributed by atoms with E-state index in [1.165, 1.54) is 6.07 Å². The van der Waals surface area contributed by atoms with Crippen molar-refractivity contribution >= 4 is 11.0 Å². The van der Waals surface area contributed by atoms with Crippen LogP contribution in [0.1, 0.15) is 36.1 Å². The molecule has 0 amide bonds. The summed E-state index contributed by atoms with van der Waals surface area (Å²) < 4.78 is 52.8. The number of ether oxygens (including phenoxy) is 2. The molecule has 2 aliphatic heterocycles. The lowest BCUT2D eigenvalue weighted by molar-refractivity contribution is -0.136. The predicted octanol–water partition coefficient (Wildman–Crippen LogP) is 3.91. The molecule has 2 aliphatic rings. The predicted molar refractivity (Wildman–Crippen MR) is 95.0 cm³/mol. The monoisotopic (exact) mass is 392 g/mol. The summed E-state index contributed by atoms with van der Waals surface area (Å²) in [6.07, 6.45) is -0.143. The summed E-state index contributed by atoms with van der Waals surface area (Å²) in [7, 11) is 0. The van der Waals surface area contributed by atoms with E-state index in [2.05, 4.69) is 9.97 Å². The van der Waals surface area contributed by atoms with Gasteiger partial charge in [-0.05, 0) is 25.0 Å². The second-order valence-electron chi connectivity index (χ2n) is 7.30. The van der Waals surface area contributed by atoms with Gasteiger partial charge in [0.15, 0.2) is 0 Å². The standard InChI is InChI=1S/C19H19F3N4O2/c20-19(21,22)15-8-24-18-14(15)5-12(7-23-18)16-6-17(11-1-3-27-9-11)26(25-16)13-2-4-28-10-13/h5-8,11,13H,1-4,9-10H2,(H,23,24)/t11-,13?/m0/s1. The summed E-state index contributed by atoms with van der Waals surface area (Å²) in [5, 5.41) is 4.79. The first-order valence-electron chi connectivity index (χ1n) is 9.30. The molecule has 3 aromatic heterocycles. The molecule has 28 heavy (non-hydrogen) atoms. The molecule has 0 radical (unpaired) electrons. The van der Waals surface area contributed by atoms with Gasteiger partial charge < -0.3 is 14.5 Å². The molecule has 2 saturated heterocycles. The van der Waals surface area contributed by atoms with Crippen molar-refractivity contribution in [1.29, 1.82) is 0 Å². The van der Waals surface area contributed by atoms with Crippen molar-refractivity contribution in [2.75, 3.05) is 26.4 Å². The zero-order chi connectivity index (χ0) is 19.3.